The highest BCUT2D eigenvalue weighted by Crippen LogP contribution is 2.72. The number of ether oxygens (including phenoxy) is 2. The van der Waals surface area contributed by atoms with Gasteiger partial charge in [0.05, 0.1) is 4.90 Å². The van der Waals surface area contributed by atoms with Crippen molar-refractivity contribution in [3.63, 3.8) is 0 Å². The van der Waals surface area contributed by atoms with Gasteiger partial charge in [-0.3, -0.25) is 18.6 Å². The van der Waals surface area contributed by atoms with Gasteiger partial charge in [-0.15, -0.1) is 0 Å². The normalized spacial score (nSPS) is 35.3. The van der Waals surface area contributed by atoms with Gasteiger partial charge in [0.1, 0.15) is 12.2 Å². The van der Waals surface area contributed by atoms with Crippen molar-refractivity contribution < 1.29 is 36.5 Å². The summed E-state index contributed by atoms with van der Waals surface area (Å²) in [6.45, 7) is 11.7. The molecule has 9 heteroatoms. The minimum absolute atomic E-state index is 0.0712. The van der Waals surface area contributed by atoms with Crippen molar-refractivity contribution in [2.24, 2.45) is 28.6 Å². The molecule has 190 valence electrons. The zero-order valence-electron chi connectivity index (χ0n) is 21.0. The van der Waals surface area contributed by atoms with Crippen LogP contribution < -0.4 is 0 Å². The average molecular weight is 505 g/mol. The zero-order chi connectivity index (χ0) is 26.1. The van der Waals surface area contributed by atoms with Crippen LogP contribution in [0.2, 0.25) is 0 Å². The van der Waals surface area contributed by atoms with Crippen LogP contribution in [0.1, 0.15) is 47.1 Å². The van der Waals surface area contributed by atoms with Crippen molar-refractivity contribution in [1.82, 2.24) is 0 Å². The van der Waals surface area contributed by atoms with Crippen molar-refractivity contribution in [2.45, 2.75) is 71.7 Å². The molecule has 5 rings (SSSR count). The second-order valence-corrected chi connectivity index (χ2v) is 12.4. The van der Waals surface area contributed by atoms with E-state index < -0.39 is 57.1 Å². The highest BCUT2D eigenvalue weighted by Gasteiger charge is 2.77. The Labute approximate surface area is 206 Å². The van der Waals surface area contributed by atoms with E-state index in [-0.39, 0.29) is 22.5 Å². The third kappa shape index (κ3) is 3.83. The number of hydrogen-bond donors (Lipinski definition) is 0. The third-order valence-corrected chi connectivity index (χ3v) is 9.49. The Morgan fingerprint density at radius 3 is 1.94 bits per heavy atom. The predicted molar refractivity (Wildman–Crippen MR) is 125 cm³/mol. The number of fused-ring (bicyclic) bond motifs is 3. The molecule has 3 saturated carbocycles. The molecular weight excluding hydrogens is 472 g/mol. The number of carbonyl (C=O) groups is 3. The maximum absolute atomic E-state index is 13.4. The van der Waals surface area contributed by atoms with Crippen molar-refractivity contribution in [3.8, 4) is 0 Å². The van der Waals surface area contributed by atoms with E-state index in [0.717, 1.165) is 11.1 Å². The van der Waals surface area contributed by atoms with E-state index in [1.807, 2.05) is 34.6 Å². The molecule has 4 aliphatic carbocycles. The van der Waals surface area contributed by atoms with E-state index in [4.69, 9.17) is 13.7 Å². The van der Waals surface area contributed by atoms with Gasteiger partial charge in [0.2, 0.25) is 0 Å². The van der Waals surface area contributed by atoms with Gasteiger partial charge in [-0.1, -0.05) is 44.0 Å². The smallest absolute Gasteiger partial charge is 0.303 e. The molecule has 8 nitrogen and oxygen atoms in total. The fraction of sp³-hybridized carbons (Fsp3) is 0.577. The third-order valence-electron chi connectivity index (χ3n) is 8.16. The first kappa shape index (κ1) is 25.6. The molecule has 0 amide bonds. The molecule has 1 aromatic rings. The summed E-state index contributed by atoms with van der Waals surface area (Å²) in [5.41, 5.74) is -0.0872. The molecule has 3 fully saturated rings. The van der Waals surface area contributed by atoms with Crippen LogP contribution in [-0.4, -0.2) is 44.5 Å². The molecule has 0 saturated heterocycles. The summed E-state index contributed by atoms with van der Waals surface area (Å²) in [5.74, 6) is -2.34. The molecule has 0 aliphatic heterocycles. The number of aryl methyl sites for hydroxylation is 1. The molecule has 0 radical (unpaired) electrons. The van der Waals surface area contributed by atoms with Gasteiger partial charge >= 0.3 is 11.9 Å². The Morgan fingerprint density at radius 1 is 0.886 bits per heavy atom. The number of ketones is 1. The average Bonchev–Trinajstić information content (AvgIpc) is 2.80. The summed E-state index contributed by atoms with van der Waals surface area (Å²) in [7, 11) is -4.34. The van der Waals surface area contributed by atoms with E-state index in [1.54, 1.807) is 18.2 Å². The largest absolute Gasteiger partial charge is 0.459 e. The fourth-order valence-corrected chi connectivity index (χ4v) is 7.89. The molecular formula is C26H32O8S. The summed E-state index contributed by atoms with van der Waals surface area (Å²) < 4.78 is 44.2. The van der Waals surface area contributed by atoms with Gasteiger partial charge in [0, 0.05) is 30.6 Å². The van der Waals surface area contributed by atoms with Gasteiger partial charge in [-0.2, -0.15) is 8.42 Å². The number of esters is 2. The topological polar surface area (TPSA) is 113 Å². The molecule has 35 heavy (non-hydrogen) atoms. The molecule has 1 aromatic carbocycles. The first-order valence-electron chi connectivity index (χ1n) is 11.7. The number of benzene rings is 1. The van der Waals surface area contributed by atoms with E-state index in [2.05, 4.69) is 0 Å². The minimum atomic E-state index is -4.34. The van der Waals surface area contributed by atoms with Crippen molar-refractivity contribution in [3.05, 3.63) is 41.5 Å². The summed E-state index contributed by atoms with van der Waals surface area (Å²) in [5, 5.41) is 0. The van der Waals surface area contributed by atoms with E-state index >= 15 is 0 Å². The fourth-order valence-electron chi connectivity index (χ4n) is 6.82. The Kier molecular flexibility index (Phi) is 6.04. The molecule has 0 aromatic heterocycles. The lowest BCUT2D eigenvalue weighted by molar-refractivity contribution is -0.208. The monoisotopic (exact) mass is 504 g/mol. The van der Waals surface area contributed by atoms with E-state index in [0.29, 0.717) is 0 Å². The first-order valence-corrected chi connectivity index (χ1v) is 13.1. The standard InChI is InChI=1S/C26H32O8S/c1-13-8-10-17(11-9-13)35(30,31)34-22-23(32-15(3)27)25(5,6)21-19-14(2)12-18(29)20(21)26(19,7)24(22)33-16(4)28/h8-12,19-24H,1-7H3/t19-,20+,21-,22+,23+,24+,26+/m0/s1. The van der Waals surface area contributed by atoms with Gasteiger partial charge < -0.3 is 9.47 Å². The quantitative estimate of drug-likeness (QED) is 0.443. The van der Waals surface area contributed by atoms with Gasteiger partial charge in [0.25, 0.3) is 10.1 Å². The van der Waals surface area contributed by atoms with Gasteiger partial charge in [0.15, 0.2) is 11.9 Å². The lowest BCUT2D eigenvalue weighted by Crippen LogP contribution is -2.68. The highest BCUT2D eigenvalue weighted by atomic mass is 32.2. The summed E-state index contributed by atoms with van der Waals surface area (Å²) >= 11 is 0. The maximum atomic E-state index is 13.4. The van der Waals surface area contributed by atoms with Gasteiger partial charge in [-0.05, 0) is 43.9 Å². The van der Waals surface area contributed by atoms with Crippen LogP contribution in [0, 0.1) is 35.5 Å². The van der Waals surface area contributed by atoms with Crippen LogP contribution in [0.25, 0.3) is 0 Å². The van der Waals surface area contributed by atoms with Crippen LogP contribution in [0.5, 0.6) is 0 Å². The Bertz CT molecular complexity index is 1210. The number of rotatable bonds is 5. The van der Waals surface area contributed by atoms with Crippen LogP contribution in [0.4, 0.5) is 0 Å². The molecule has 4 bridgehead atoms. The summed E-state index contributed by atoms with van der Waals surface area (Å²) in [6.07, 6.45) is -1.99. The number of hydrogen-bond acceptors (Lipinski definition) is 8. The highest BCUT2D eigenvalue weighted by molar-refractivity contribution is 7.86. The molecule has 7 atom stereocenters. The van der Waals surface area contributed by atoms with Crippen LogP contribution in [0.3, 0.4) is 0 Å². The molecule has 4 aliphatic rings. The molecule has 0 N–H and O–H groups in total. The van der Waals surface area contributed by atoms with Crippen LogP contribution in [0.15, 0.2) is 40.8 Å². The molecule has 0 heterocycles. The van der Waals surface area contributed by atoms with Crippen LogP contribution >= 0.6 is 0 Å². The molecule has 0 spiro atoms. The Hall–Kier alpha value is -2.52. The predicted octanol–water partition coefficient (Wildman–Crippen LogP) is 3.37. The second-order valence-electron chi connectivity index (χ2n) is 10.8. The molecule has 0 unspecified atom stereocenters. The number of allylic oxidation sites excluding steroid dienone is 2. The van der Waals surface area contributed by atoms with Crippen molar-refractivity contribution >= 4 is 27.8 Å². The summed E-state index contributed by atoms with van der Waals surface area (Å²) in [6, 6.07) is 6.16. The number of carbonyl (C=O) groups excluding carboxylic acids is 3. The zero-order valence-corrected chi connectivity index (χ0v) is 21.8. The lowest BCUT2D eigenvalue weighted by atomic mass is 9.37. The van der Waals surface area contributed by atoms with Crippen molar-refractivity contribution in [1.29, 1.82) is 0 Å². The Morgan fingerprint density at radius 2 is 1.43 bits per heavy atom. The minimum Gasteiger partial charge on any atom is -0.459 e. The van der Waals surface area contributed by atoms with E-state index in [9.17, 15) is 22.8 Å². The lowest BCUT2D eigenvalue weighted by Gasteiger charge is -2.65. The van der Waals surface area contributed by atoms with Gasteiger partial charge in [-0.25, -0.2) is 0 Å². The Balaban J connectivity index is 1.91. The summed E-state index contributed by atoms with van der Waals surface area (Å²) in [4.78, 5) is 37.7. The SMILES string of the molecule is CC(=O)O[C@@H]1[C@@H](OS(=O)(=O)c2ccc(C)cc2)[C@@H](OC(C)=O)[C@@]2(C)[C@@H]3C(=O)C=C(C)[C@H]2[C@@H]3C1(C)C. The maximum Gasteiger partial charge on any atom is 0.303 e. The second kappa shape index (κ2) is 8.27. The van der Waals surface area contributed by atoms with Crippen molar-refractivity contribution in [2.75, 3.05) is 0 Å². The van der Waals surface area contributed by atoms with E-state index in [1.165, 1.54) is 26.0 Å². The first-order chi connectivity index (χ1) is 16.1. The van der Waals surface area contributed by atoms with Crippen LogP contribution in [-0.2, 0) is 38.2 Å².